The molecule has 0 aliphatic heterocycles. The predicted molar refractivity (Wildman–Crippen MR) is 77.6 cm³/mol. The third-order valence-electron chi connectivity index (χ3n) is 3.14. The number of ketones is 1. The Hall–Kier alpha value is -1.92. The zero-order valence-electron chi connectivity index (χ0n) is 11.0. The summed E-state index contributed by atoms with van der Waals surface area (Å²) in [7, 11) is 0. The van der Waals surface area contributed by atoms with Crippen molar-refractivity contribution in [3.05, 3.63) is 57.3 Å². The van der Waals surface area contributed by atoms with E-state index in [1.54, 1.807) is 0 Å². The minimum Gasteiger partial charge on any atom is -0.291 e. The van der Waals surface area contributed by atoms with E-state index in [1.165, 1.54) is 16.2 Å². The number of carbonyl (C=O) groups excluding carboxylic acids is 1. The van der Waals surface area contributed by atoms with Gasteiger partial charge in [-0.25, -0.2) is 0 Å². The van der Waals surface area contributed by atoms with Gasteiger partial charge < -0.3 is 0 Å². The van der Waals surface area contributed by atoms with E-state index in [-0.39, 0.29) is 5.78 Å². The van der Waals surface area contributed by atoms with E-state index in [4.69, 9.17) is 0 Å². The molecule has 1 aromatic heterocycles. The molecule has 0 N–H and O–H groups in total. The molecule has 0 bridgehead atoms. The third kappa shape index (κ3) is 2.74. The highest BCUT2D eigenvalue weighted by atomic mass is 32.1. The highest BCUT2D eigenvalue weighted by molar-refractivity contribution is 7.14. The van der Waals surface area contributed by atoms with Crippen LogP contribution in [-0.4, -0.2) is 5.78 Å². The highest BCUT2D eigenvalue weighted by Gasteiger charge is 2.24. The highest BCUT2D eigenvalue weighted by Crippen LogP contribution is 2.27. The fourth-order valence-corrected chi connectivity index (χ4v) is 2.94. The smallest absolute Gasteiger partial charge is 0.194 e. The summed E-state index contributed by atoms with van der Waals surface area (Å²) >= 11 is 1.48. The Bertz CT molecular complexity index is 636. The molecule has 19 heavy (non-hydrogen) atoms. The van der Waals surface area contributed by atoms with Crippen LogP contribution in [0.2, 0.25) is 0 Å². The van der Waals surface area contributed by atoms with Crippen LogP contribution in [0.5, 0.6) is 0 Å². The van der Waals surface area contributed by atoms with E-state index in [1.807, 2.05) is 43.3 Å². The molecule has 0 aliphatic carbocycles. The number of nitriles is 1. The van der Waals surface area contributed by atoms with Crippen LogP contribution < -0.4 is 0 Å². The van der Waals surface area contributed by atoms with Gasteiger partial charge in [-0.2, -0.15) is 5.26 Å². The Morgan fingerprint density at radius 3 is 2.63 bits per heavy atom. The van der Waals surface area contributed by atoms with Crippen LogP contribution in [0.25, 0.3) is 0 Å². The third-order valence-corrected chi connectivity index (χ3v) is 4.39. The summed E-state index contributed by atoms with van der Waals surface area (Å²) in [5.41, 5.74) is 1.79. The number of rotatable bonds is 4. The van der Waals surface area contributed by atoms with E-state index in [0.29, 0.717) is 4.88 Å². The molecule has 0 saturated heterocycles. The molecule has 1 heterocycles. The molecule has 0 spiro atoms. The average Bonchev–Trinajstić information content (AvgIpc) is 2.90. The number of benzene rings is 1. The molecule has 1 atom stereocenters. The quantitative estimate of drug-likeness (QED) is 0.784. The lowest BCUT2D eigenvalue weighted by atomic mass is 9.92. The van der Waals surface area contributed by atoms with Crippen molar-refractivity contribution in [3.63, 3.8) is 0 Å². The molecular formula is C16H15NOS. The lowest BCUT2D eigenvalue weighted by molar-refractivity contribution is 0.0982. The van der Waals surface area contributed by atoms with Crippen molar-refractivity contribution in [1.29, 1.82) is 5.26 Å². The van der Waals surface area contributed by atoms with Crippen LogP contribution in [-0.2, 0) is 6.42 Å². The summed E-state index contributed by atoms with van der Waals surface area (Å²) in [5, 5.41) is 9.33. The maximum Gasteiger partial charge on any atom is 0.194 e. The van der Waals surface area contributed by atoms with Crippen LogP contribution in [0.4, 0.5) is 0 Å². The molecule has 1 unspecified atom stereocenters. The van der Waals surface area contributed by atoms with Gasteiger partial charge in [0.15, 0.2) is 5.78 Å². The number of hydrogen-bond acceptors (Lipinski definition) is 3. The lowest BCUT2D eigenvalue weighted by Gasteiger charge is -2.10. The predicted octanol–water partition coefficient (Wildman–Crippen LogP) is 4.11. The van der Waals surface area contributed by atoms with Gasteiger partial charge in [-0.15, -0.1) is 11.3 Å². The van der Waals surface area contributed by atoms with Crippen molar-refractivity contribution in [2.75, 3.05) is 0 Å². The molecule has 2 aromatic rings. The molecular weight excluding hydrogens is 254 g/mol. The zero-order chi connectivity index (χ0) is 13.8. The summed E-state index contributed by atoms with van der Waals surface area (Å²) < 4.78 is 0. The number of aryl methyl sites for hydroxylation is 2. The SMILES string of the molecule is CCc1ccc(C(=O)C(C#N)c2ccccc2C)s1. The second-order valence-corrected chi connectivity index (χ2v) is 5.57. The molecule has 0 saturated carbocycles. The monoisotopic (exact) mass is 269 g/mol. The van der Waals surface area contributed by atoms with Crippen molar-refractivity contribution in [3.8, 4) is 6.07 Å². The van der Waals surface area contributed by atoms with Crippen molar-refractivity contribution >= 4 is 17.1 Å². The fourth-order valence-electron chi connectivity index (χ4n) is 2.02. The van der Waals surface area contributed by atoms with Crippen molar-refractivity contribution in [1.82, 2.24) is 0 Å². The summed E-state index contributed by atoms with van der Waals surface area (Å²) in [6.45, 7) is 3.99. The maximum atomic E-state index is 12.4. The summed E-state index contributed by atoms with van der Waals surface area (Å²) in [4.78, 5) is 14.3. The Balaban J connectivity index is 2.35. The van der Waals surface area contributed by atoms with E-state index >= 15 is 0 Å². The first kappa shape index (κ1) is 13.5. The van der Waals surface area contributed by atoms with Crippen molar-refractivity contribution in [2.45, 2.75) is 26.2 Å². The number of thiophene rings is 1. The van der Waals surface area contributed by atoms with Crippen LogP contribution in [0.1, 0.15) is 38.5 Å². The molecule has 0 radical (unpaired) electrons. The van der Waals surface area contributed by atoms with Crippen LogP contribution in [0, 0.1) is 18.3 Å². The van der Waals surface area contributed by atoms with Gasteiger partial charge in [0.1, 0.15) is 5.92 Å². The number of carbonyl (C=O) groups is 1. The van der Waals surface area contributed by atoms with Gasteiger partial charge in [-0.1, -0.05) is 31.2 Å². The average molecular weight is 269 g/mol. The summed E-state index contributed by atoms with van der Waals surface area (Å²) in [6, 6.07) is 13.5. The topological polar surface area (TPSA) is 40.9 Å². The van der Waals surface area contributed by atoms with E-state index in [0.717, 1.165) is 17.5 Å². The molecule has 2 rings (SSSR count). The van der Waals surface area contributed by atoms with Gasteiger partial charge in [0.2, 0.25) is 0 Å². The Labute approximate surface area is 117 Å². The van der Waals surface area contributed by atoms with Gasteiger partial charge in [0, 0.05) is 4.88 Å². The van der Waals surface area contributed by atoms with Crippen molar-refractivity contribution in [2.24, 2.45) is 0 Å². The first-order chi connectivity index (χ1) is 9.17. The van der Waals surface area contributed by atoms with E-state index in [2.05, 4.69) is 13.0 Å². The fraction of sp³-hybridized carbons (Fsp3) is 0.250. The van der Waals surface area contributed by atoms with Crippen LogP contribution >= 0.6 is 11.3 Å². The zero-order valence-corrected chi connectivity index (χ0v) is 11.8. The van der Waals surface area contributed by atoms with Crippen LogP contribution in [0.3, 0.4) is 0 Å². The van der Waals surface area contributed by atoms with E-state index < -0.39 is 5.92 Å². The molecule has 0 fully saturated rings. The van der Waals surface area contributed by atoms with Gasteiger partial charge in [0.05, 0.1) is 10.9 Å². The van der Waals surface area contributed by atoms with Crippen molar-refractivity contribution < 1.29 is 4.79 Å². The van der Waals surface area contributed by atoms with Gasteiger partial charge in [-0.05, 0) is 36.6 Å². The standard InChI is InChI=1S/C16H15NOS/c1-3-12-8-9-15(19-12)16(18)14(10-17)13-7-5-4-6-11(13)2/h4-9,14H,3H2,1-2H3. The maximum absolute atomic E-state index is 12.4. The minimum absolute atomic E-state index is 0.0958. The van der Waals surface area contributed by atoms with Gasteiger partial charge >= 0.3 is 0 Å². The first-order valence-electron chi connectivity index (χ1n) is 6.25. The summed E-state index contributed by atoms with van der Waals surface area (Å²) in [6.07, 6.45) is 0.916. The Morgan fingerprint density at radius 2 is 2.05 bits per heavy atom. The Kier molecular flexibility index (Phi) is 4.13. The van der Waals surface area contributed by atoms with E-state index in [9.17, 15) is 10.1 Å². The second kappa shape index (κ2) is 5.81. The summed E-state index contributed by atoms with van der Waals surface area (Å²) in [5.74, 6) is -0.800. The normalized spacial score (nSPS) is 11.8. The molecule has 0 aliphatic rings. The molecule has 3 heteroatoms. The lowest BCUT2D eigenvalue weighted by Crippen LogP contribution is -2.11. The van der Waals surface area contributed by atoms with Gasteiger partial charge in [-0.3, -0.25) is 4.79 Å². The Morgan fingerprint density at radius 1 is 1.32 bits per heavy atom. The second-order valence-electron chi connectivity index (χ2n) is 4.40. The number of nitrogens with zero attached hydrogens (tertiary/aromatic N) is 1. The largest absolute Gasteiger partial charge is 0.291 e. The van der Waals surface area contributed by atoms with Crippen LogP contribution in [0.15, 0.2) is 36.4 Å². The number of Topliss-reactive ketones (excluding diaryl/α,β-unsaturated/α-hetero) is 1. The first-order valence-corrected chi connectivity index (χ1v) is 7.07. The number of hydrogen-bond donors (Lipinski definition) is 0. The molecule has 2 nitrogen and oxygen atoms in total. The molecule has 1 aromatic carbocycles. The molecule has 0 amide bonds. The minimum atomic E-state index is -0.704. The van der Waals surface area contributed by atoms with Gasteiger partial charge in [0.25, 0.3) is 0 Å². The molecule has 96 valence electrons.